The molecule has 0 saturated heterocycles. The van der Waals surface area contributed by atoms with Crippen LogP contribution in [0.15, 0.2) is 24.3 Å². The number of aromatic nitrogens is 1. The van der Waals surface area contributed by atoms with Crippen molar-refractivity contribution in [2.24, 2.45) is 0 Å². The second-order valence-electron chi connectivity index (χ2n) is 5.07. The number of carbonyl (C=O) groups excluding carboxylic acids is 1. The number of benzene rings is 1. The molecule has 0 aliphatic heterocycles. The van der Waals surface area contributed by atoms with Gasteiger partial charge in [-0.1, -0.05) is 0 Å². The third kappa shape index (κ3) is 4.00. The Hall–Kier alpha value is -2.50. The monoisotopic (exact) mass is 304 g/mol. The molecule has 2 rings (SSSR count). The number of aryl methyl sites for hydroxylation is 1. The van der Waals surface area contributed by atoms with Gasteiger partial charge in [0.1, 0.15) is 5.82 Å². The minimum absolute atomic E-state index is 0.0952. The zero-order valence-corrected chi connectivity index (χ0v) is 12.2. The number of carbonyl (C=O) groups is 2. The highest BCUT2D eigenvalue weighted by molar-refractivity contribution is 5.98. The fourth-order valence-electron chi connectivity index (χ4n) is 2.16. The summed E-state index contributed by atoms with van der Waals surface area (Å²) in [5.41, 5.74) is 1.48. The van der Waals surface area contributed by atoms with Crippen LogP contribution in [0.3, 0.4) is 0 Å². The van der Waals surface area contributed by atoms with Gasteiger partial charge >= 0.3 is 5.97 Å². The molecule has 1 aromatic heterocycles. The molecule has 1 heterocycles. The molecule has 0 aliphatic rings. The molecule has 0 aliphatic carbocycles. The number of hydrogen-bond donors (Lipinski definition) is 2. The van der Waals surface area contributed by atoms with Gasteiger partial charge in [0.15, 0.2) is 0 Å². The highest BCUT2D eigenvalue weighted by atomic mass is 19.1. The molecule has 2 N–H and O–H groups in total. The van der Waals surface area contributed by atoms with Gasteiger partial charge in [-0.15, -0.1) is 0 Å². The van der Waals surface area contributed by atoms with E-state index in [2.05, 4.69) is 10.3 Å². The molecule has 1 amide bonds. The zero-order chi connectivity index (χ0) is 16.1. The number of fused-ring (bicyclic) bond motifs is 1. The average molecular weight is 304 g/mol. The maximum Gasteiger partial charge on any atom is 0.303 e. The molecular weight excluding hydrogens is 287 g/mol. The van der Waals surface area contributed by atoms with Crippen molar-refractivity contribution in [3.05, 3.63) is 41.3 Å². The Morgan fingerprint density at radius 1 is 1.27 bits per heavy atom. The number of aliphatic carboxylic acids is 1. The Balaban J connectivity index is 2.03. The SMILES string of the molecule is Cc1nc2cc(F)ccc2cc1C(=O)NCCCCC(=O)O. The van der Waals surface area contributed by atoms with Crippen LogP contribution in [0.4, 0.5) is 4.39 Å². The molecule has 0 radical (unpaired) electrons. The number of unbranched alkanes of at least 4 members (excludes halogenated alkanes) is 1. The van der Waals surface area contributed by atoms with Crippen molar-refractivity contribution in [2.75, 3.05) is 6.54 Å². The van der Waals surface area contributed by atoms with Gasteiger partial charge in [-0.25, -0.2) is 4.39 Å². The lowest BCUT2D eigenvalue weighted by atomic mass is 10.1. The zero-order valence-electron chi connectivity index (χ0n) is 12.2. The Morgan fingerprint density at radius 3 is 2.77 bits per heavy atom. The van der Waals surface area contributed by atoms with Crippen molar-refractivity contribution in [3.8, 4) is 0 Å². The number of rotatable bonds is 6. The fraction of sp³-hybridized carbons (Fsp3) is 0.312. The Bertz CT molecular complexity index is 716. The summed E-state index contributed by atoms with van der Waals surface area (Å²) in [6, 6.07) is 5.92. The summed E-state index contributed by atoms with van der Waals surface area (Å²) in [6.07, 6.45) is 1.21. The summed E-state index contributed by atoms with van der Waals surface area (Å²) in [6.45, 7) is 2.11. The van der Waals surface area contributed by atoms with E-state index in [-0.39, 0.29) is 18.1 Å². The van der Waals surface area contributed by atoms with Gasteiger partial charge in [0, 0.05) is 24.4 Å². The van der Waals surface area contributed by atoms with Crippen LogP contribution in [0.25, 0.3) is 10.9 Å². The fourth-order valence-corrected chi connectivity index (χ4v) is 2.16. The summed E-state index contributed by atoms with van der Waals surface area (Å²) >= 11 is 0. The van der Waals surface area contributed by atoms with E-state index >= 15 is 0 Å². The van der Waals surface area contributed by atoms with E-state index in [0.29, 0.717) is 41.5 Å². The standard InChI is InChI=1S/C16H17FN2O3/c1-10-13(16(22)18-7-3-2-4-15(20)21)8-11-5-6-12(17)9-14(11)19-10/h5-6,8-9H,2-4,7H2,1H3,(H,18,22)(H,20,21). The molecule has 2 aromatic rings. The summed E-state index contributed by atoms with van der Waals surface area (Å²) in [5, 5.41) is 12.0. The molecule has 0 atom stereocenters. The number of pyridine rings is 1. The summed E-state index contributed by atoms with van der Waals surface area (Å²) < 4.78 is 13.2. The van der Waals surface area contributed by atoms with Gasteiger partial charge in [0.2, 0.25) is 0 Å². The van der Waals surface area contributed by atoms with Crippen molar-refractivity contribution >= 4 is 22.8 Å². The van der Waals surface area contributed by atoms with Gasteiger partial charge in [0.25, 0.3) is 5.91 Å². The van der Waals surface area contributed by atoms with Crippen LogP contribution in [0.2, 0.25) is 0 Å². The molecular formula is C16H17FN2O3. The van der Waals surface area contributed by atoms with Gasteiger partial charge in [-0.05, 0) is 38.0 Å². The number of carboxylic acid groups (broad SMARTS) is 1. The second kappa shape index (κ2) is 6.98. The smallest absolute Gasteiger partial charge is 0.303 e. The van der Waals surface area contributed by atoms with Crippen LogP contribution in [-0.4, -0.2) is 28.5 Å². The normalized spacial score (nSPS) is 10.6. The van der Waals surface area contributed by atoms with Crippen molar-refractivity contribution in [1.82, 2.24) is 10.3 Å². The van der Waals surface area contributed by atoms with Gasteiger partial charge < -0.3 is 10.4 Å². The van der Waals surface area contributed by atoms with E-state index in [1.54, 1.807) is 19.1 Å². The molecule has 0 bridgehead atoms. The number of nitrogens with zero attached hydrogens (tertiary/aromatic N) is 1. The molecule has 0 spiro atoms. The first-order valence-electron chi connectivity index (χ1n) is 7.04. The van der Waals surface area contributed by atoms with E-state index in [1.165, 1.54) is 12.1 Å². The summed E-state index contributed by atoms with van der Waals surface area (Å²) in [5.74, 6) is -1.46. The van der Waals surface area contributed by atoms with Crippen LogP contribution in [-0.2, 0) is 4.79 Å². The minimum Gasteiger partial charge on any atom is -0.481 e. The number of nitrogens with one attached hydrogen (secondary N) is 1. The van der Waals surface area contributed by atoms with E-state index in [0.717, 1.165) is 0 Å². The third-order valence-corrected chi connectivity index (χ3v) is 3.32. The lowest BCUT2D eigenvalue weighted by molar-refractivity contribution is -0.137. The highest BCUT2D eigenvalue weighted by Crippen LogP contribution is 2.17. The van der Waals surface area contributed by atoms with Crippen molar-refractivity contribution in [3.63, 3.8) is 0 Å². The largest absolute Gasteiger partial charge is 0.481 e. The predicted molar refractivity (Wildman–Crippen MR) is 80.3 cm³/mol. The number of carboxylic acids is 1. The number of halogens is 1. The van der Waals surface area contributed by atoms with Crippen molar-refractivity contribution < 1.29 is 19.1 Å². The van der Waals surface area contributed by atoms with Crippen molar-refractivity contribution in [1.29, 1.82) is 0 Å². The van der Waals surface area contributed by atoms with Gasteiger partial charge in [-0.3, -0.25) is 14.6 Å². The van der Waals surface area contributed by atoms with E-state index in [9.17, 15) is 14.0 Å². The maximum absolute atomic E-state index is 13.2. The van der Waals surface area contributed by atoms with Gasteiger partial charge in [-0.2, -0.15) is 0 Å². The molecule has 116 valence electrons. The van der Waals surface area contributed by atoms with Crippen LogP contribution in [0.5, 0.6) is 0 Å². The summed E-state index contributed by atoms with van der Waals surface area (Å²) in [4.78, 5) is 26.8. The van der Waals surface area contributed by atoms with E-state index in [1.807, 2.05) is 0 Å². The predicted octanol–water partition coefficient (Wildman–Crippen LogP) is 2.67. The molecule has 1 aromatic carbocycles. The Labute approximate surface area is 127 Å². The van der Waals surface area contributed by atoms with Crippen LogP contribution in [0, 0.1) is 12.7 Å². The van der Waals surface area contributed by atoms with Crippen LogP contribution >= 0.6 is 0 Å². The van der Waals surface area contributed by atoms with Gasteiger partial charge in [0.05, 0.1) is 16.8 Å². The topological polar surface area (TPSA) is 79.3 Å². The third-order valence-electron chi connectivity index (χ3n) is 3.32. The minimum atomic E-state index is -0.840. The first-order chi connectivity index (χ1) is 10.5. The Morgan fingerprint density at radius 2 is 2.05 bits per heavy atom. The average Bonchev–Trinajstić information content (AvgIpc) is 2.45. The molecule has 22 heavy (non-hydrogen) atoms. The second-order valence-corrected chi connectivity index (χ2v) is 5.07. The summed E-state index contributed by atoms with van der Waals surface area (Å²) in [7, 11) is 0. The first kappa shape index (κ1) is 15.9. The molecule has 5 nitrogen and oxygen atoms in total. The van der Waals surface area contributed by atoms with Crippen LogP contribution < -0.4 is 5.32 Å². The molecule has 0 fully saturated rings. The van der Waals surface area contributed by atoms with Crippen LogP contribution in [0.1, 0.15) is 35.3 Å². The van der Waals surface area contributed by atoms with E-state index < -0.39 is 5.97 Å². The first-order valence-corrected chi connectivity index (χ1v) is 7.04. The lowest BCUT2D eigenvalue weighted by Crippen LogP contribution is -2.25. The molecule has 0 unspecified atom stereocenters. The number of amides is 1. The lowest BCUT2D eigenvalue weighted by Gasteiger charge is -2.08. The maximum atomic E-state index is 13.2. The highest BCUT2D eigenvalue weighted by Gasteiger charge is 2.11. The molecule has 0 saturated carbocycles. The molecule has 6 heteroatoms. The van der Waals surface area contributed by atoms with E-state index in [4.69, 9.17) is 5.11 Å². The van der Waals surface area contributed by atoms with Crippen molar-refractivity contribution in [2.45, 2.75) is 26.2 Å². The number of hydrogen-bond acceptors (Lipinski definition) is 3. The quantitative estimate of drug-likeness (QED) is 0.804. The Kier molecular flexibility index (Phi) is 5.04.